The van der Waals surface area contributed by atoms with E-state index in [1.54, 1.807) is 6.07 Å². The van der Waals surface area contributed by atoms with Gasteiger partial charge >= 0.3 is 0 Å². The van der Waals surface area contributed by atoms with Crippen LogP contribution in [0.5, 0.6) is 5.75 Å². The number of hydrogen-bond donors (Lipinski definition) is 1. The van der Waals surface area contributed by atoms with Crippen LogP contribution in [0.2, 0.25) is 0 Å². The summed E-state index contributed by atoms with van der Waals surface area (Å²) < 4.78 is 11.1. The molecule has 146 valence electrons. The summed E-state index contributed by atoms with van der Waals surface area (Å²) in [6.07, 6.45) is 0. The standard InChI is InChI=1S/C21H26N2O3.ClH/c1-2-25-12-13-26-20-11-7-6-10-17(20)21(24)23-14-18(19(22)15-23)16-8-4-3-5-9-16;/h3-11,18-19H,2,12-15,22H2,1H3;1H/t18-,19+;/m0./s1. The molecule has 1 amide bonds. The zero-order chi connectivity index (χ0) is 18.4. The average Bonchev–Trinajstić information content (AvgIpc) is 3.07. The van der Waals surface area contributed by atoms with Crippen molar-refractivity contribution in [1.82, 2.24) is 4.90 Å². The maximum absolute atomic E-state index is 13.0. The van der Waals surface area contributed by atoms with Crippen LogP contribution in [0.1, 0.15) is 28.8 Å². The molecule has 2 aromatic carbocycles. The number of hydrogen-bond acceptors (Lipinski definition) is 4. The van der Waals surface area contributed by atoms with Gasteiger partial charge in [-0.1, -0.05) is 42.5 Å². The number of amides is 1. The first-order valence-corrected chi connectivity index (χ1v) is 9.10. The van der Waals surface area contributed by atoms with E-state index >= 15 is 0 Å². The molecule has 0 aromatic heterocycles. The van der Waals surface area contributed by atoms with Crippen LogP contribution >= 0.6 is 12.4 Å². The van der Waals surface area contributed by atoms with Gasteiger partial charge in [0, 0.05) is 31.7 Å². The van der Waals surface area contributed by atoms with Gasteiger partial charge in [0.2, 0.25) is 0 Å². The van der Waals surface area contributed by atoms with Gasteiger partial charge in [-0.2, -0.15) is 0 Å². The van der Waals surface area contributed by atoms with Crippen LogP contribution in [-0.4, -0.2) is 49.8 Å². The fourth-order valence-corrected chi connectivity index (χ4v) is 3.34. The molecule has 0 radical (unpaired) electrons. The minimum Gasteiger partial charge on any atom is -0.490 e. The molecule has 0 saturated carbocycles. The minimum atomic E-state index is -0.0626. The van der Waals surface area contributed by atoms with Gasteiger partial charge in [0.1, 0.15) is 12.4 Å². The number of ether oxygens (including phenoxy) is 2. The van der Waals surface area contributed by atoms with Gasteiger partial charge in [-0.3, -0.25) is 4.79 Å². The van der Waals surface area contributed by atoms with Crippen LogP contribution in [0.25, 0.3) is 0 Å². The second-order valence-electron chi connectivity index (χ2n) is 6.43. The fourth-order valence-electron chi connectivity index (χ4n) is 3.34. The molecule has 1 saturated heterocycles. The highest BCUT2D eigenvalue weighted by atomic mass is 35.5. The second-order valence-corrected chi connectivity index (χ2v) is 6.43. The van der Waals surface area contributed by atoms with E-state index in [1.807, 2.05) is 48.2 Å². The zero-order valence-electron chi connectivity index (χ0n) is 15.5. The first-order valence-electron chi connectivity index (χ1n) is 9.10. The number of benzene rings is 2. The molecule has 0 bridgehead atoms. The van der Waals surface area contributed by atoms with Crippen LogP contribution in [0.3, 0.4) is 0 Å². The van der Waals surface area contributed by atoms with Crippen LogP contribution in [0.15, 0.2) is 54.6 Å². The number of nitrogens with zero attached hydrogens (tertiary/aromatic N) is 1. The van der Waals surface area contributed by atoms with Gasteiger partial charge in [-0.05, 0) is 24.6 Å². The Labute approximate surface area is 166 Å². The van der Waals surface area contributed by atoms with Crippen LogP contribution < -0.4 is 10.5 Å². The second kappa shape index (κ2) is 10.3. The molecule has 5 nitrogen and oxygen atoms in total. The lowest BCUT2D eigenvalue weighted by Gasteiger charge is -2.18. The van der Waals surface area contributed by atoms with Crippen LogP contribution in [0, 0.1) is 0 Å². The molecule has 6 heteroatoms. The maximum Gasteiger partial charge on any atom is 0.257 e. The van der Waals surface area contributed by atoms with Crippen molar-refractivity contribution >= 4 is 18.3 Å². The smallest absolute Gasteiger partial charge is 0.257 e. The SMILES string of the molecule is CCOCCOc1ccccc1C(=O)N1C[C@@H](N)[C@H](c2ccccc2)C1.Cl. The van der Waals surface area contributed by atoms with Crippen molar-refractivity contribution in [2.75, 3.05) is 32.9 Å². The molecule has 0 unspecified atom stereocenters. The van der Waals surface area contributed by atoms with E-state index in [9.17, 15) is 4.79 Å². The van der Waals surface area contributed by atoms with Crippen molar-refractivity contribution < 1.29 is 14.3 Å². The summed E-state index contributed by atoms with van der Waals surface area (Å²) in [5.41, 5.74) is 8.08. The Morgan fingerprint density at radius 3 is 2.52 bits per heavy atom. The normalized spacial score (nSPS) is 18.8. The molecule has 27 heavy (non-hydrogen) atoms. The third-order valence-electron chi connectivity index (χ3n) is 4.69. The Morgan fingerprint density at radius 1 is 1.07 bits per heavy atom. The molecule has 3 rings (SSSR count). The number of carbonyl (C=O) groups is 1. The average molecular weight is 391 g/mol. The summed E-state index contributed by atoms with van der Waals surface area (Å²) in [7, 11) is 0. The molecule has 0 spiro atoms. The quantitative estimate of drug-likeness (QED) is 0.738. The van der Waals surface area contributed by atoms with E-state index in [-0.39, 0.29) is 30.3 Å². The highest BCUT2D eigenvalue weighted by Gasteiger charge is 2.34. The number of likely N-dealkylation sites (tertiary alicyclic amines) is 1. The summed E-state index contributed by atoms with van der Waals surface area (Å²) in [4.78, 5) is 14.9. The third-order valence-corrected chi connectivity index (χ3v) is 4.69. The molecule has 2 aromatic rings. The van der Waals surface area contributed by atoms with E-state index in [0.29, 0.717) is 44.2 Å². The zero-order valence-corrected chi connectivity index (χ0v) is 16.4. The number of nitrogens with two attached hydrogens (primary N) is 1. The maximum atomic E-state index is 13.0. The number of halogens is 1. The minimum absolute atomic E-state index is 0. The summed E-state index contributed by atoms with van der Waals surface area (Å²) in [5, 5.41) is 0. The summed E-state index contributed by atoms with van der Waals surface area (Å²) >= 11 is 0. The van der Waals surface area contributed by atoms with Crippen molar-refractivity contribution in [3.05, 3.63) is 65.7 Å². The lowest BCUT2D eigenvalue weighted by molar-refractivity contribution is 0.0778. The van der Waals surface area contributed by atoms with E-state index in [0.717, 1.165) is 0 Å². The Bertz CT molecular complexity index is 726. The monoisotopic (exact) mass is 390 g/mol. The number of carbonyl (C=O) groups excluding carboxylic acids is 1. The largest absolute Gasteiger partial charge is 0.490 e. The molecule has 1 aliphatic heterocycles. The van der Waals surface area contributed by atoms with Gasteiger partial charge in [0.25, 0.3) is 5.91 Å². The van der Waals surface area contributed by atoms with Crippen LogP contribution in [0.4, 0.5) is 0 Å². The fraction of sp³-hybridized carbons (Fsp3) is 0.381. The number of rotatable bonds is 7. The van der Waals surface area contributed by atoms with E-state index in [2.05, 4.69) is 12.1 Å². The van der Waals surface area contributed by atoms with Gasteiger partial charge in [0.15, 0.2) is 0 Å². The summed E-state index contributed by atoms with van der Waals surface area (Å²) in [6, 6.07) is 17.4. The van der Waals surface area contributed by atoms with Gasteiger partial charge in [0.05, 0.1) is 12.2 Å². The van der Waals surface area contributed by atoms with Crippen LogP contribution in [-0.2, 0) is 4.74 Å². The first-order chi connectivity index (χ1) is 12.7. The van der Waals surface area contributed by atoms with Gasteiger partial charge in [-0.25, -0.2) is 0 Å². The van der Waals surface area contributed by atoms with E-state index in [4.69, 9.17) is 15.2 Å². The highest BCUT2D eigenvalue weighted by Crippen LogP contribution is 2.29. The molecular formula is C21H27ClN2O3. The Hall–Kier alpha value is -2.08. The summed E-state index contributed by atoms with van der Waals surface area (Å²) in [5.74, 6) is 0.714. The van der Waals surface area contributed by atoms with Crippen molar-refractivity contribution in [1.29, 1.82) is 0 Å². The van der Waals surface area contributed by atoms with E-state index < -0.39 is 0 Å². The highest BCUT2D eigenvalue weighted by molar-refractivity contribution is 5.97. The van der Waals surface area contributed by atoms with Gasteiger partial charge in [-0.15, -0.1) is 12.4 Å². The summed E-state index contributed by atoms with van der Waals surface area (Å²) in [6.45, 7) is 4.69. The van der Waals surface area contributed by atoms with Crippen molar-refractivity contribution in [3.8, 4) is 5.75 Å². The molecular weight excluding hydrogens is 364 g/mol. The number of para-hydroxylation sites is 1. The van der Waals surface area contributed by atoms with E-state index in [1.165, 1.54) is 5.56 Å². The Kier molecular flexibility index (Phi) is 8.10. The molecule has 2 N–H and O–H groups in total. The topological polar surface area (TPSA) is 64.8 Å². The van der Waals surface area contributed by atoms with Gasteiger partial charge < -0.3 is 20.1 Å². The molecule has 1 heterocycles. The Morgan fingerprint density at radius 2 is 1.78 bits per heavy atom. The molecule has 1 aliphatic rings. The molecule has 0 aliphatic carbocycles. The predicted molar refractivity (Wildman–Crippen MR) is 109 cm³/mol. The lowest BCUT2D eigenvalue weighted by Crippen LogP contribution is -2.32. The first kappa shape index (κ1) is 21.2. The van der Waals surface area contributed by atoms with Crippen molar-refractivity contribution in [2.45, 2.75) is 18.9 Å². The van der Waals surface area contributed by atoms with Crippen molar-refractivity contribution in [3.63, 3.8) is 0 Å². The third kappa shape index (κ3) is 5.22. The lowest BCUT2D eigenvalue weighted by atomic mass is 9.95. The Balaban J connectivity index is 0.00000261. The molecule has 1 fully saturated rings. The predicted octanol–water partition coefficient (Wildman–Crippen LogP) is 3.09. The van der Waals surface area contributed by atoms with Crippen molar-refractivity contribution in [2.24, 2.45) is 5.73 Å². The molecule has 2 atom stereocenters.